The minimum atomic E-state index is -4.43. The van der Waals surface area contributed by atoms with Crippen molar-refractivity contribution < 1.29 is 18.3 Å². The van der Waals surface area contributed by atoms with Gasteiger partial charge in [-0.25, -0.2) is 0 Å². The van der Waals surface area contributed by atoms with E-state index in [4.69, 9.17) is 0 Å². The standard InChI is InChI=1S/C20H21BF3NO/c1-18(2,3)20(21,26)25-11-10-13-8-9-14(12-17(13)25)15-6-4-5-7-16(15)19(22,23)24/h4-12,26H,21H2,1-3H3. The molecule has 1 unspecified atom stereocenters. The monoisotopic (exact) mass is 359 g/mol. The van der Waals surface area contributed by atoms with Crippen LogP contribution in [0, 0.1) is 5.41 Å². The van der Waals surface area contributed by atoms with Crippen molar-refractivity contribution in [2.75, 3.05) is 0 Å². The van der Waals surface area contributed by atoms with E-state index in [9.17, 15) is 18.3 Å². The Morgan fingerprint density at radius 2 is 1.62 bits per heavy atom. The zero-order valence-corrected chi connectivity index (χ0v) is 15.2. The topological polar surface area (TPSA) is 25.2 Å². The Balaban J connectivity index is 2.22. The van der Waals surface area contributed by atoms with Crippen molar-refractivity contribution in [1.29, 1.82) is 0 Å². The summed E-state index contributed by atoms with van der Waals surface area (Å²) in [5, 5.41) is 11.9. The highest BCUT2D eigenvalue weighted by Crippen LogP contribution is 2.39. The molecule has 0 aliphatic carbocycles. The van der Waals surface area contributed by atoms with Gasteiger partial charge < -0.3 is 9.67 Å². The Bertz CT molecular complexity index is 952. The maximum Gasteiger partial charge on any atom is 0.417 e. The van der Waals surface area contributed by atoms with Crippen molar-refractivity contribution in [3.63, 3.8) is 0 Å². The first kappa shape index (κ1) is 18.6. The minimum Gasteiger partial charge on any atom is -0.379 e. The maximum atomic E-state index is 13.4. The molecule has 3 aromatic rings. The molecule has 0 aliphatic heterocycles. The summed E-state index contributed by atoms with van der Waals surface area (Å²) in [6.07, 6.45) is -2.65. The predicted octanol–water partition coefficient (Wildman–Crippen LogP) is 4.61. The molecule has 136 valence electrons. The number of aromatic nitrogens is 1. The van der Waals surface area contributed by atoms with Crippen molar-refractivity contribution in [2.45, 2.75) is 32.6 Å². The van der Waals surface area contributed by atoms with E-state index in [0.717, 1.165) is 11.5 Å². The molecular weight excluding hydrogens is 338 g/mol. The van der Waals surface area contributed by atoms with Crippen LogP contribution in [0.5, 0.6) is 0 Å². The normalized spacial score (nSPS) is 15.2. The Hall–Kier alpha value is -2.21. The number of halogens is 3. The van der Waals surface area contributed by atoms with Crippen LogP contribution in [0.4, 0.5) is 13.2 Å². The fraction of sp³-hybridized carbons (Fsp3) is 0.300. The fourth-order valence-electron chi connectivity index (χ4n) is 3.02. The molecule has 0 radical (unpaired) electrons. The third kappa shape index (κ3) is 3.03. The molecule has 1 atom stereocenters. The van der Waals surface area contributed by atoms with Gasteiger partial charge in [-0.2, -0.15) is 13.2 Å². The van der Waals surface area contributed by atoms with Gasteiger partial charge in [0.2, 0.25) is 0 Å². The lowest BCUT2D eigenvalue weighted by Crippen LogP contribution is -2.45. The van der Waals surface area contributed by atoms with E-state index in [1.165, 1.54) is 12.1 Å². The Labute approximate surface area is 151 Å². The lowest BCUT2D eigenvalue weighted by atomic mass is 9.70. The largest absolute Gasteiger partial charge is 0.417 e. The zero-order chi connectivity index (χ0) is 19.3. The lowest BCUT2D eigenvalue weighted by molar-refractivity contribution is -0.137. The number of rotatable bonds is 2. The minimum absolute atomic E-state index is 0.130. The number of hydrogen-bond donors (Lipinski definition) is 1. The van der Waals surface area contributed by atoms with Gasteiger partial charge in [-0.1, -0.05) is 51.1 Å². The summed E-state index contributed by atoms with van der Waals surface area (Å²) in [6, 6.07) is 12.6. The lowest BCUT2D eigenvalue weighted by Gasteiger charge is -2.39. The number of fused-ring (bicyclic) bond motifs is 1. The highest BCUT2D eigenvalue weighted by Gasteiger charge is 2.37. The number of aliphatic hydroxyl groups is 1. The third-order valence-corrected chi connectivity index (χ3v) is 5.13. The molecule has 1 heterocycles. The summed E-state index contributed by atoms with van der Waals surface area (Å²) < 4.78 is 41.8. The summed E-state index contributed by atoms with van der Waals surface area (Å²) in [5.41, 5.74) is -1.03. The van der Waals surface area contributed by atoms with E-state index >= 15 is 0 Å². The zero-order valence-electron chi connectivity index (χ0n) is 15.2. The van der Waals surface area contributed by atoms with Crippen molar-refractivity contribution in [3.05, 3.63) is 60.3 Å². The molecule has 0 bridgehead atoms. The van der Waals surface area contributed by atoms with Crippen LogP contribution in [0.25, 0.3) is 22.0 Å². The van der Waals surface area contributed by atoms with E-state index in [0.29, 0.717) is 11.1 Å². The fourth-order valence-corrected chi connectivity index (χ4v) is 3.02. The molecule has 0 amide bonds. The van der Waals surface area contributed by atoms with Crippen molar-refractivity contribution in [1.82, 2.24) is 4.57 Å². The molecule has 1 N–H and O–H groups in total. The van der Waals surface area contributed by atoms with Gasteiger partial charge in [-0.3, -0.25) is 0 Å². The summed E-state index contributed by atoms with van der Waals surface area (Å²) >= 11 is 0. The van der Waals surface area contributed by atoms with Gasteiger partial charge in [0, 0.05) is 11.6 Å². The molecule has 2 aromatic carbocycles. The molecule has 0 spiro atoms. The quantitative estimate of drug-likeness (QED) is 0.665. The number of alkyl halides is 3. The van der Waals surface area contributed by atoms with Gasteiger partial charge in [0.25, 0.3) is 0 Å². The third-order valence-electron chi connectivity index (χ3n) is 5.13. The average molecular weight is 359 g/mol. The molecule has 2 nitrogen and oxygen atoms in total. The van der Waals surface area contributed by atoms with Crippen LogP contribution >= 0.6 is 0 Å². The first-order chi connectivity index (χ1) is 11.9. The Kier molecular flexibility index (Phi) is 4.23. The molecular formula is C20H21BF3NO. The summed E-state index contributed by atoms with van der Waals surface area (Å²) in [7, 11) is 1.71. The molecule has 26 heavy (non-hydrogen) atoms. The second-order valence-electron chi connectivity index (χ2n) is 7.77. The van der Waals surface area contributed by atoms with Crippen LogP contribution in [-0.4, -0.2) is 17.5 Å². The van der Waals surface area contributed by atoms with Gasteiger partial charge >= 0.3 is 6.18 Å². The van der Waals surface area contributed by atoms with E-state index in [2.05, 4.69) is 0 Å². The second-order valence-corrected chi connectivity index (χ2v) is 7.77. The Morgan fingerprint density at radius 1 is 0.962 bits per heavy atom. The average Bonchev–Trinajstić information content (AvgIpc) is 2.96. The van der Waals surface area contributed by atoms with E-state index < -0.39 is 22.8 Å². The Morgan fingerprint density at radius 3 is 2.23 bits per heavy atom. The smallest absolute Gasteiger partial charge is 0.379 e. The van der Waals surface area contributed by atoms with Crippen LogP contribution in [0.15, 0.2) is 54.7 Å². The number of benzene rings is 2. The second kappa shape index (κ2) is 5.91. The summed E-state index contributed by atoms with van der Waals surface area (Å²) in [4.78, 5) is 0. The summed E-state index contributed by atoms with van der Waals surface area (Å²) in [5.74, 6) is 0. The van der Waals surface area contributed by atoms with Crippen LogP contribution in [0.3, 0.4) is 0 Å². The van der Waals surface area contributed by atoms with Crippen molar-refractivity contribution in [3.8, 4) is 11.1 Å². The van der Waals surface area contributed by atoms with E-state index in [1.54, 1.807) is 42.9 Å². The molecule has 0 saturated heterocycles. The molecule has 0 fully saturated rings. The number of hydrogen-bond acceptors (Lipinski definition) is 1. The van der Waals surface area contributed by atoms with Gasteiger partial charge in [-0.05, 0) is 34.7 Å². The summed E-state index contributed by atoms with van der Waals surface area (Å²) in [6.45, 7) is 5.75. The number of nitrogens with zero attached hydrogens (tertiary/aromatic N) is 1. The molecule has 3 rings (SSSR count). The maximum absolute atomic E-state index is 13.4. The van der Waals surface area contributed by atoms with Gasteiger partial charge in [0.15, 0.2) is 7.85 Å². The first-order valence-electron chi connectivity index (χ1n) is 8.43. The van der Waals surface area contributed by atoms with Gasteiger partial charge in [0.05, 0.1) is 11.1 Å². The van der Waals surface area contributed by atoms with Crippen LogP contribution < -0.4 is 0 Å². The molecule has 6 heteroatoms. The molecule has 0 saturated carbocycles. The van der Waals surface area contributed by atoms with Gasteiger partial charge in [0.1, 0.15) is 5.62 Å². The van der Waals surface area contributed by atoms with E-state index in [-0.39, 0.29) is 5.56 Å². The van der Waals surface area contributed by atoms with Crippen molar-refractivity contribution in [2.24, 2.45) is 5.41 Å². The first-order valence-corrected chi connectivity index (χ1v) is 8.43. The van der Waals surface area contributed by atoms with Crippen LogP contribution in [0.1, 0.15) is 26.3 Å². The van der Waals surface area contributed by atoms with Gasteiger partial charge in [-0.15, -0.1) is 0 Å². The SMILES string of the molecule is BC(O)(n1ccc2ccc(-c3ccccc3C(F)(F)F)cc21)C(C)(C)C. The highest BCUT2D eigenvalue weighted by atomic mass is 19.4. The highest BCUT2D eigenvalue weighted by molar-refractivity contribution is 6.13. The van der Waals surface area contributed by atoms with Crippen LogP contribution in [-0.2, 0) is 11.8 Å². The predicted molar refractivity (Wildman–Crippen MR) is 101 cm³/mol. The molecule has 0 aliphatic rings. The van der Waals surface area contributed by atoms with Crippen molar-refractivity contribution >= 4 is 18.7 Å². The van der Waals surface area contributed by atoms with E-state index in [1.807, 2.05) is 26.8 Å². The van der Waals surface area contributed by atoms with Crippen LogP contribution in [0.2, 0.25) is 0 Å². The molecule has 1 aromatic heterocycles.